The van der Waals surface area contributed by atoms with Crippen molar-refractivity contribution in [3.63, 3.8) is 0 Å². The Kier molecular flexibility index (Phi) is 1.98. The normalized spacial score (nSPS) is 11.2. The number of anilines is 1. The third kappa shape index (κ3) is 1.34. The third-order valence-corrected chi connectivity index (χ3v) is 3.15. The van der Waals surface area contributed by atoms with Gasteiger partial charge in [-0.2, -0.15) is 5.10 Å². The Labute approximate surface area is 98.4 Å². The molecule has 3 aromatic rings. The van der Waals surface area contributed by atoms with Crippen molar-refractivity contribution < 1.29 is 4.42 Å². The molecule has 0 radical (unpaired) electrons. The van der Waals surface area contributed by atoms with E-state index in [1.54, 1.807) is 6.20 Å². The Morgan fingerprint density at radius 3 is 2.76 bits per heavy atom. The molecule has 3 rings (SSSR count). The quantitative estimate of drug-likeness (QED) is 0.671. The summed E-state index contributed by atoms with van der Waals surface area (Å²) in [6, 6.07) is 5.97. The number of aromatic amines is 1. The molecule has 0 bridgehead atoms. The minimum atomic E-state index is 0.579. The number of aromatic nitrogens is 2. The van der Waals surface area contributed by atoms with Gasteiger partial charge in [-0.3, -0.25) is 5.10 Å². The van der Waals surface area contributed by atoms with Crippen LogP contribution < -0.4 is 5.73 Å². The first-order chi connectivity index (χ1) is 8.18. The van der Waals surface area contributed by atoms with Crippen LogP contribution in [0.1, 0.15) is 11.3 Å². The number of benzene rings is 1. The Morgan fingerprint density at radius 2 is 2.06 bits per heavy atom. The van der Waals surface area contributed by atoms with E-state index >= 15 is 0 Å². The van der Waals surface area contributed by atoms with E-state index in [1.165, 1.54) is 0 Å². The number of fused-ring (bicyclic) bond motifs is 1. The summed E-state index contributed by atoms with van der Waals surface area (Å²) in [5.74, 6) is 1.52. The molecule has 86 valence electrons. The summed E-state index contributed by atoms with van der Waals surface area (Å²) in [4.78, 5) is 0. The molecule has 0 unspecified atom stereocenters. The van der Waals surface area contributed by atoms with Crippen molar-refractivity contribution >= 4 is 16.8 Å². The molecule has 0 fully saturated rings. The molecule has 17 heavy (non-hydrogen) atoms. The third-order valence-electron chi connectivity index (χ3n) is 3.15. The zero-order chi connectivity index (χ0) is 12.0. The van der Waals surface area contributed by atoms with Gasteiger partial charge in [0, 0.05) is 10.9 Å². The van der Waals surface area contributed by atoms with Crippen LogP contribution in [0.2, 0.25) is 0 Å². The van der Waals surface area contributed by atoms with Crippen LogP contribution in [0, 0.1) is 13.8 Å². The lowest BCUT2D eigenvalue weighted by molar-refractivity contribution is 0.575. The van der Waals surface area contributed by atoms with Crippen LogP contribution in [-0.4, -0.2) is 10.2 Å². The van der Waals surface area contributed by atoms with Gasteiger partial charge in [-0.1, -0.05) is 12.1 Å². The van der Waals surface area contributed by atoms with Crippen LogP contribution in [-0.2, 0) is 0 Å². The average Bonchev–Trinajstić information content (AvgIpc) is 2.85. The number of nitrogens with zero attached hydrogens (tertiary/aromatic N) is 1. The van der Waals surface area contributed by atoms with E-state index in [1.807, 2.05) is 25.1 Å². The largest absolute Gasteiger partial charge is 0.461 e. The van der Waals surface area contributed by atoms with E-state index in [4.69, 9.17) is 10.2 Å². The Balaban J connectivity index is 2.41. The van der Waals surface area contributed by atoms with Crippen molar-refractivity contribution in [2.45, 2.75) is 13.8 Å². The molecule has 0 saturated heterocycles. The molecule has 0 aliphatic rings. The maximum Gasteiger partial charge on any atom is 0.135 e. The first kappa shape index (κ1) is 9.96. The smallest absolute Gasteiger partial charge is 0.135 e. The van der Waals surface area contributed by atoms with Gasteiger partial charge in [-0.05, 0) is 31.0 Å². The van der Waals surface area contributed by atoms with Crippen LogP contribution in [0.25, 0.3) is 22.1 Å². The Hall–Kier alpha value is -2.23. The highest BCUT2D eigenvalue weighted by molar-refractivity contribution is 5.98. The molecular formula is C13H13N3O. The van der Waals surface area contributed by atoms with E-state index in [2.05, 4.69) is 17.1 Å². The molecule has 4 heteroatoms. The molecule has 0 saturated carbocycles. The number of hydrogen-bond acceptors (Lipinski definition) is 3. The average molecular weight is 227 g/mol. The van der Waals surface area contributed by atoms with Gasteiger partial charge in [-0.25, -0.2) is 0 Å². The number of nitrogens with two attached hydrogens (primary N) is 1. The maximum atomic E-state index is 5.87. The van der Waals surface area contributed by atoms with E-state index < -0.39 is 0 Å². The molecule has 0 amide bonds. The first-order valence-corrected chi connectivity index (χ1v) is 5.46. The summed E-state index contributed by atoms with van der Waals surface area (Å²) >= 11 is 0. The standard InChI is InChI=1S/C13H13N3O/c1-7-8(2)17-11-5-3-4-9(12(7)11)10-6-15-16-13(10)14/h3-6H,1-2H3,(H3,14,15,16). The van der Waals surface area contributed by atoms with Gasteiger partial charge < -0.3 is 10.2 Å². The van der Waals surface area contributed by atoms with Gasteiger partial charge in [0.15, 0.2) is 0 Å². The lowest BCUT2D eigenvalue weighted by atomic mass is 10.0. The summed E-state index contributed by atoms with van der Waals surface area (Å²) in [7, 11) is 0. The summed E-state index contributed by atoms with van der Waals surface area (Å²) in [5, 5.41) is 7.83. The van der Waals surface area contributed by atoms with Crippen molar-refractivity contribution in [1.29, 1.82) is 0 Å². The number of rotatable bonds is 1. The Bertz CT molecular complexity index is 694. The van der Waals surface area contributed by atoms with Crippen molar-refractivity contribution in [2.24, 2.45) is 0 Å². The van der Waals surface area contributed by atoms with Crippen molar-refractivity contribution in [3.05, 3.63) is 35.7 Å². The highest BCUT2D eigenvalue weighted by atomic mass is 16.3. The second-order valence-corrected chi connectivity index (χ2v) is 4.16. The summed E-state index contributed by atoms with van der Waals surface area (Å²) in [6.07, 6.45) is 1.74. The molecular weight excluding hydrogens is 214 g/mol. The van der Waals surface area contributed by atoms with Crippen LogP contribution in [0.15, 0.2) is 28.8 Å². The monoisotopic (exact) mass is 227 g/mol. The number of nitrogens with one attached hydrogen (secondary N) is 1. The van der Waals surface area contributed by atoms with Crippen molar-refractivity contribution in [3.8, 4) is 11.1 Å². The van der Waals surface area contributed by atoms with Crippen LogP contribution in [0.4, 0.5) is 5.82 Å². The van der Waals surface area contributed by atoms with Gasteiger partial charge in [0.25, 0.3) is 0 Å². The fourth-order valence-electron chi connectivity index (χ4n) is 2.16. The highest BCUT2D eigenvalue weighted by Crippen LogP contribution is 2.35. The summed E-state index contributed by atoms with van der Waals surface area (Å²) in [5.41, 5.74) is 9.88. The van der Waals surface area contributed by atoms with Crippen LogP contribution in [0.5, 0.6) is 0 Å². The molecule has 2 aromatic heterocycles. The second kappa shape index (κ2) is 3.38. The SMILES string of the molecule is Cc1oc2cccc(-c3cn[nH]c3N)c2c1C. The molecule has 0 atom stereocenters. The second-order valence-electron chi connectivity index (χ2n) is 4.16. The van der Waals surface area contributed by atoms with Crippen molar-refractivity contribution in [2.75, 3.05) is 5.73 Å². The predicted octanol–water partition coefficient (Wildman–Crippen LogP) is 3.02. The van der Waals surface area contributed by atoms with Gasteiger partial charge >= 0.3 is 0 Å². The molecule has 1 aromatic carbocycles. The molecule has 3 N–H and O–H groups in total. The summed E-state index contributed by atoms with van der Waals surface area (Å²) in [6.45, 7) is 4.03. The van der Waals surface area contributed by atoms with Gasteiger partial charge in [0.05, 0.1) is 6.20 Å². The summed E-state index contributed by atoms with van der Waals surface area (Å²) < 4.78 is 5.71. The fourth-order valence-corrected chi connectivity index (χ4v) is 2.16. The van der Waals surface area contributed by atoms with Gasteiger partial charge in [0.2, 0.25) is 0 Å². The molecule has 0 aliphatic carbocycles. The van der Waals surface area contributed by atoms with Gasteiger partial charge in [-0.15, -0.1) is 0 Å². The molecule has 0 spiro atoms. The fraction of sp³-hybridized carbons (Fsp3) is 0.154. The minimum Gasteiger partial charge on any atom is -0.461 e. The maximum absolute atomic E-state index is 5.87. The lowest BCUT2D eigenvalue weighted by Gasteiger charge is -2.01. The lowest BCUT2D eigenvalue weighted by Crippen LogP contribution is -1.88. The first-order valence-electron chi connectivity index (χ1n) is 5.46. The molecule has 0 aliphatic heterocycles. The zero-order valence-corrected chi connectivity index (χ0v) is 9.74. The zero-order valence-electron chi connectivity index (χ0n) is 9.74. The topological polar surface area (TPSA) is 67.8 Å². The number of H-pyrrole nitrogens is 1. The number of nitrogen functional groups attached to an aromatic ring is 1. The predicted molar refractivity (Wildman–Crippen MR) is 67.7 cm³/mol. The number of hydrogen-bond donors (Lipinski definition) is 2. The van der Waals surface area contributed by atoms with Crippen molar-refractivity contribution in [1.82, 2.24) is 10.2 Å². The van der Waals surface area contributed by atoms with Crippen LogP contribution in [0.3, 0.4) is 0 Å². The minimum absolute atomic E-state index is 0.579. The molecule has 2 heterocycles. The Morgan fingerprint density at radius 1 is 1.24 bits per heavy atom. The van der Waals surface area contributed by atoms with E-state index in [0.29, 0.717) is 5.82 Å². The number of furan rings is 1. The highest BCUT2D eigenvalue weighted by Gasteiger charge is 2.14. The van der Waals surface area contributed by atoms with E-state index in [0.717, 1.165) is 33.4 Å². The van der Waals surface area contributed by atoms with Crippen LogP contribution >= 0.6 is 0 Å². The van der Waals surface area contributed by atoms with Gasteiger partial charge in [0.1, 0.15) is 17.2 Å². The number of aryl methyl sites for hydroxylation is 2. The van der Waals surface area contributed by atoms with E-state index in [-0.39, 0.29) is 0 Å². The molecule has 4 nitrogen and oxygen atoms in total. The van der Waals surface area contributed by atoms with E-state index in [9.17, 15) is 0 Å².